The van der Waals surface area contributed by atoms with Crippen molar-refractivity contribution in [3.63, 3.8) is 0 Å². The summed E-state index contributed by atoms with van der Waals surface area (Å²) in [4.78, 5) is 11.8. The Morgan fingerprint density at radius 3 is 2.89 bits per heavy atom. The van der Waals surface area contributed by atoms with Gasteiger partial charge in [0.15, 0.2) is 0 Å². The van der Waals surface area contributed by atoms with Gasteiger partial charge in [0.25, 0.3) is 0 Å². The van der Waals surface area contributed by atoms with Crippen molar-refractivity contribution in [1.29, 1.82) is 0 Å². The maximum atomic E-state index is 11.8. The van der Waals surface area contributed by atoms with Crippen LogP contribution >= 0.6 is 0 Å². The van der Waals surface area contributed by atoms with Gasteiger partial charge in [-0.3, -0.25) is 4.79 Å². The van der Waals surface area contributed by atoms with Crippen LogP contribution in [0.25, 0.3) is 0 Å². The van der Waals surface area contributed by atoms with Crippen molar-refractivity contribution >= 4 is 11.6 Å². The van der Waals surface area contributed by atoms with Crippen molar-refractivity contribution in [3.8, 4) is 0 Å². The summed E-state index contributed by atoms with van der Waals surface area (Å²) in [6, 6.07) is 7.97. The monoisotopic (exact) mass is 248 g/mol. The van der Waals surface area contributed by atoms with E-state index in [9.17, 15) is 4.79 Å². The van der Waals surface area contributed by atoms with E-state index in [-0.39, 0.29) is 11.9 Å². The summed E-state index contributed by atoms with van der Waals surface area (Å²) in [6.07, 6.45) is 3.09. The standard InChI is InChI=1S/C14H20N2O2/c15-12-3-1-2-11(10-12)4-5-14(17)16-13-6-8-18-9-7-13/h1-3,10,13H,4-9,15H2,(H,16,17). The lowest BCUT2D eigenvalue weighted by Gasteiger charge is -2.23. The summed E-state index contributed by atoms with van der Waals surface area (Å²) in [6.45, 7) is 1.50. The number of rotatable bonds is 4. The molecule has 3 N–H and O–H groups in total. The van der Waals surface area contributed by atoms with E-state index in [0.717, 1.165) is 43.7 Å². The highest BCUT2D eigenvalue weighted by molar-refractivity contribution is 5.76. The van der Waals surface area contributed by atoms with E-state index in [1.165, 1.54) is 0 Å². The number of amides is 1. The third-order valence-corrected chi connectivity index (χ3v) is 3.18. The van der Waals surface area contributed by atoms with E-state index < -0.39 is 0 Å². The zero-order chi connectivity index (χ0) is 12.8. The summed E-state index contributed by atoms with van der Waals surface area (Å²) >= 11 is 0. The molecule has 0 unspecified atom stereocenters. The maximum absolute atomic E-state index is 11.8. The molecule has 2 rings (SSSR count). The van der Waals surface area contributed by atoms with Crippen LogP contribution < -0.4 is 11.1 Å². The van der Waals surface area contributed by atoms with E-state index in [1.807, 2.05) is 24.3 Å². The Kier molecular flexibility index (Phi) is 4.59. The number of carbonyl (C=O) groups excluding carboxylic acids is 1. The summed E-state index contributed by atoms with van der Waals surface area (Å²) in [5.41, 5.74) is 7.56. The van der Waals surface area contributed by atoms with Crippen molar-refractivity contribution in [1.82, 2.24) is 5.32 Å². The minimum absolute atomic E-state index is 0.115. The molecule has 4 nitrogen and oxygen atoms in total. The number of nitrogens with two attached hydrogens (primary N) is 1. The lowest BCUT2D eigenvalue weighted by Crippen LogP contribution is -2.38. The molecule has 98 valence electrons. The van der Waals surface area contributed by atoms with Crippen LogP contribution in [0.1, 0.15) is 24.8 Å². The fourth-order valence-corrected chi connectivity index (χ4v) is 2.15. The van der Waals surface area contributed by atoms with Crippen LogP contribution in [0, 0.1) is 0 Å². The lowest BCUT2D eigenvalue weighted by molar-refractivity contribution is -0.122. The van der Waals surface area contributed by atoms with Crippen molar-refractivity contribution in [2.75, 3.05) is 18.9 Å². The molecule has 1 fully saturated rings. The average molecular weight is 248 g/mol. The lowest BCUT2D eigenvalue weighted by atomic mass is 10.1. The summed E-state index contributed by atoms with van der Waals surface area (Å²) in [5.74, 6) is 0.115. The Morgan fingerprint density at radius 1 is 1.39 bits per heavy atom. The highest BCUT2D eigenvalue weighted by Crippen LogP contribution is 2.10. The summed E-state index contributed by atoms with van der Waals surface area (Å²) in [7, 11) is 0. The largest absolute Gasteiger partial charge is 0.399 e. The van der Waals surface area contributed by atoms with E-state index in [1.54, 1.807) is 0 Å². The maximum Gasteiger partial charge on any atom is 0.220 e. The molecule has 0 radical (unpaired) electrons. The highest BCUT2D eigenvalue weighted by Gasteiger charge is 2.15. The molecule has 0 atom stereocenters. The Balaban J connectivity index is 1.74. The number of nitrogen functional groups attached to an aromatic ring is 1. The Morgan fingerprint density at radius 2 is 2.17 bits per heavy atom. The summed E-state index contributed by atoms with van der Waals surface area (Å²) in [5, 5.41) is 3.05. The van der Waals surface area contributed by atoms with Gasteiger partial charge in [0, 0.05) is 31.4 Å². The van der Waals surface area contributed by atoms with E-state index >= 15 is 0 Å². The molecule has 1 heterocycles. The predicted octanol–water partition coefficient (Wildman–Crippen LogP) is 1.50. The topological polar surface area (TPSA) is 64.4 Å². The molecule has 0 spiro atoms. The number of hydrogen-bond acceptors (Lipinski definition) is 3. The van der Waals surface area contributed by atoms with Gasteiger partial charge in [0.1, 0.15) is 0 Å². The van der Waals surface area contributed by atoms with E-state index in [4.69, 9.17) is 10.5 Å². The minimum atomic E-state index is 0.115. The zero-order valence-electron chi connectivity index (χ0n) is 10.5. The number of ether oxygens (including phenoxy) is 1. The van der Waals surface area contributed by atoms with Crippen LogP contribution in [-0.2, 0) is 16.0 Å². The molecular formula is C14H20N2O2. The predicted molar refractivity (Wildman–Crippen MR) is 71.2 cm³/mol. The Labute approximate surface area is 108 Å². The van der Waals surface area contributed by atoms with Gasteiger partial charge in [-0.25, -0.2) is 0 Å². The second kappa shape index (κ2) is 6.40. The first-order chi connectivity index (χ1) is 8.74. The van der Waals surface area contributed by atoms with Crippen LogP contribution in [0.4, 0.5) is 5.69 Å². The second-order valence-electron chi connectivity index (χ2n) is 4.70. The quantitative estimate of drug-likeness (QED) is 0.794. The molecule has 0 aliphatic carbocycles. The molecule has 1 aromatic rings. The highest BCUT2D eigenvalue weighted by atomic mass is 16.5. The average Bonchev–Trinajstić information content (AvgIpc) is 2.38. The van der Waals surface area contributed by atoms with Crippen molar-refractivity contribution < 1.29 is 9.53 Å². The Hall–Kier alpha value is -1.55. The molecule has 1 aliphatic heterocycles. The molecule has 4 heteroatoms. The van der Waals surface area contributed by atoms with Crippen molar-refractivity contribution in [3.05, 3.63) is 29.8 Å². The van der Waals surface area contributed by atoms with Crippen LogP contribution in [0.2, 0.25) is 0 Å². The number of hydrogen-bond donors (Lipinski definition) is 2. The smallest absolute Gasteiger partial charge is 0.220 e. The molecule has 18 heavy (non-hydrogen) atoms. The van der Waals surface area contributed by atoms with Crippen LogP contribution in [-0.4, -0.2) is 25.2 Å². The molecule has 1 aromatic carbocycles. The van der Waals surface area contributed by atoms with Crippen molar-refractivity contribution in [2.45, 2.75) is 31.7 Å². The molecular weight excluding hydrogens is 228 g/mol. The molecule has 0 aromatic heterocycles. The van der Waals surface area contributed by atoms with Gasteiger partial charge in [-0.2, -0.15) is 0 Å². The number of nitrogens with one attached hydrogen (secondary N) is 1. The first-order valence-corrected chi connectivity index (χ1v) is 6.45. The summed E-state index contributed by atoms with van der Waals surface area (Å²) < 4.78 is 5.26. The number of aryl methyl sites for hydroxylation is 1. The first kappa shape index (κ1) is 12.9. The van der Waals surface area contributed by atoms with Crippen LogP contribution in [0.3, 0.4) is 0 Å². The van der Waals surface area contributed by atoms with Gasteiger partial charge in [0.05, 0.1) is 0 Å². The zero-order valence-corrected chi connectivity index (χ0v) is 10.5. The van der Waals surface area contributed by atoms with E-state index in [2.05, 4.69) is 5.32 Å². The van der Waals surface area contributed by atoms with E-state index in [0.29, 0.717) is 6.42 Å². The van der Waals surface area contributed by atoms with Crippen LogP contribution in [0.5, 0.6) is 0 Å². The van der Waals surface area contributed by atoms with Gasteiger partial charge in [-0.15, -0.1) is 0 Å². The fourth-order valence-electron chi connectivity index (χ4n) is 2.15. The number of carbonyl (C=O) groups is 1. The van der Waals surface area contributed by atoms with Gasteiger partial charge < -0.3 is 15.8 Å². The second-order valence-corrected chi connectivity index (χ2v) is 4.70. The molecule has 0 bridgehead atoms. The number of benzene rings is 1. The van der Waals surface area contributed by atoms with Crippen molar-refractivity contribution in [2.24, 2.45) is 0 Å². The third-order valence-electron chi connectivity index (χ3n) is 3.18. The molecule has 0 saturated carbocycles. The van der Waals surface area contributed by atoms with Crippen LogP contribution in [0.15, 0.2) is 24.3 Å². The minimum Gasteiger partial charge on any atom is -0.399 e. The SMILES string of the molecule is Nc1cccc(CCC(=O)NC2CCOCC2)c1. The number of anilines is 1. The molecule has 1 aliphatic rings. The third kappa shape index (κ3) is 4.04. The van der Waals surface area contributed by atoms with Gasteiger partial charge in [0.2, 0.25) is 5.91 Å². The Bertz CT molecular complexity index is 401. The van der Waals surface area contributed by atoms with Gasteiger partial charge in [-0.05, 0) is 37.0 Å². The molecule has 1 amide bonds. The fraction of sp³-hybridized carbons (Fsp3) is 0.500. The molecule has 1 saturated heterocycles. The van der Waals surface area contributed by atoms with Gasteiger partial charge >= 0.3 is 0 Å². The normalized spacial score (nSPS) is 16.4. The first-order valence-electron chi connectivity index (χ1n) is 6.45. The van der Waals surface area contributed by atoms with Gasteiger partial charge in [-0.1, -0.05) is 12.1 Å².